The van der Waals surface area contributed by atoms with E-state index in [4.69, 9.17) is 4.74 Å². The molecule has 0 heterocycles. The number of hydrogen-bond donors (Lipinski definition) is 2. The van der Waals surface area contributed by atoms with Crippen molar-refractivity contribution in [2.75, 3.05) is 5.32 Å². The number of phenols is 1. The van der Waals surface area contributed by atoms with Gasteiger partial charge in [-0.3, -0.25) is 4.79 Å². The maximum absolute atomic E-state index is 12.2. The van der Waals surface area contributed by atoms with Gasteiger partial charge in [0, 0.05) is 4.47 Å². The molecule has 1 atom stereocenters. The van der Waals surface area contributed by atoms with Crippen LogP contribution in [0.3, 0.4) is 0 Å². The molecule has 0 radical (unpaired) electrons. The number of phenolic OH excluding ortho intramolecular Hbond substituents is 1. The molecule has 2 aromatic carbocycles. The molecular formula is C16H15Br2NO3. The molecule has 0 aromatic heterocycles. The number of carbonyl (C=O) groups excluding carboxylic acids is 1. The van der Waals surface area contributed by atoms with Crippen LogP contribution in [0.2, 0.25) is 0 Å². The van der Waals surface area contributed by atoms with Gasteiger partial charge in [-0.25, -0.2) is 0 Å². The second kappa shape index (κ2) is 7.15. The Bertz CT molecular complexity index is 704. The van der Waals surface area contributed by atoms with Crippen molar-refractivity contribution in [3.63, 3.8) is 0 Å². The summed E-state index contributed by atoms with van der Waals surface area (Å²) in [5.41, 5.74) is 1.31. The number of benzene rings is 2. The van der Waals surface area contributed by atoms with Crippen molar-refractivity contribution in [2.45, 2.75) is 20.0 Å². The van der Waals surface area contributed by atoms with E-state index in [0.29, 0.717) is 11.4 Å². The van der Waals surface area contributed by atoms with Crippen molar-refractivity contribution >= 4 is 43.5 Å². The quantitative estimate of drug-likeness (QED) is 0.697. The van der Waals surface area contributed by atoms with Crippen LogP contribution in [0.5, 0.6) is 11.5 Å². The SMILES string of the molecule is Cc1ccc(O)c(NC(=O)C(C)Oc2ccc(Br)cc2Br)c1. The summed E-state index contributed by atoms with van der Waals surface area (Å²) in [5.74, 6) is 0.256. The van der Waals surface area contributed by atoms with Crippen LogP contribution >= 0.6 is 31.9 Å². The van der Waals surface area contributed by atoms with Crippen molar-refractivity contribution in [1.82, 2.24) is 0 Å². The van der Waals surface area contributed by atoms with E-state index in [-0.39, 0.29) is 11.7 Å². The van der Waals surface area contributed by atoms with Crippen LogP contribution in [0.4, 0.5) is 5.69 Å². The minimum atomic E-state index is -0.711. The molecule has 6 heteroatoms. The highest BCUT2D eigenvalue weighted by Crippen LogP contribution is 2.29. The van der Waals surface area contributed by atoms with Crippen LogP contribution in [0.1, 0.15) is 12.5 Å². The van der Waals surface area contributed by atoms with Gasteiger partial charge in [0.05, 0.1) is 10.2 Å². The van der Waals surface area contributed by atoms with E-state index in [1.807, 2.05) is 19.1 Å². The monoisotopic (exact) mass is 427 g/mol. The first-order chi connectivity index (χ1) is 10.4. The van der Waals surface area contributed by atoms with Gasteiger partial charge in [-0.1, -0.05) is 22.0 Å². The largest absolute Gasteiger partial charge is 0.506 e. The zero-order chi connectivity index (χ0) is 16.3. The maximum Gasteiger partial charge on any atom is 0.265 e. The highest BCUT2D eigenvalue weighted by atomic mass is 79.9. The Morgan fingerprint density at radius 3 is 2.64 bits per heavy atom. The third-order valence-electron chi connectivity index (χ3n) is 2.98. The van der Waals surface area contributed by atoms with Crippen LogP contribution in [0.15, 0.2) is 45.3 Å². The lowest BCUT2D eigenvalue weighted by atomic mass is 10.2. The molecule has 4 nitrogen and oxygen atoms in total. The van der Waals surface area contributed by atoms with Crippen LogP contribution < -0.4 is 10.1 Å². The first-order valence-electron chi connectivity index (χ1n) is 6.59. The van der Waals surface area contributed by atoms with Gasteiger partial charge in [-0.2, -0.15) is 0 Å². The number of aryl methyl sites for hydroxylation is 1. The fourth-order valence-corrected chi connectivity index (χ4v) is 2.94. The van der Waals surface area contributed by atoms with Crippen molar-refractivity contribution in [1.29, 1.82) is 0 Å². The molecule has 0 aliphatic heterocycles. The average Bonchev–Trinajstić information content (AvgIpc) is 2.45. The highest BCUT2D eigenvalue weighted by Gasteiger charge is 2.17. The summed E-state index contributed by atoms with van der Waals surface area (Å²) in [5, 5.41) is 12.4. The molecule has 0 spiro atoms. The molecule has 0 bridgehead atoms. The molecule has 22 heavy (non-hydrogen) atoms. The predicted molar refractivity (Wildman–Crippen MR) is 93.4 cm³/mol. The summed E-state index contributed by atoms with van der Waals surface area (Å²) < 4.78 is 7.30. The lowest BCUT2D eigenvalue weighted by Gasteiger charge is -2.16. The van der Waals surface area contributed by atoms with Crippen molar-refractivity contribution in [3.05, 3.63) is 50.9 Å². The fourth-order valence-electron chi connectivity index (χ4n) is 1.80. The van der Waals surface area contributed by atoms with Gasteiger partial charge in [0.2, 0.25) is 0 Å². The van der Waals surface area contributed by atoms with E-state index in [2.05, 4.69) is 37.2 Å². The second-order valence-electron chi connectivity index (χ2n) is 4.84. The van der Waals surface area contributed by atoms with Crippen molar-refractivity contribution in [2.24, 2.45) is 0 Å². The Hall–Kier alpha value is -1.53. The summed E-state index contributed by atoms with van der Waals surface area (Å²) in [6.07, 6.45) is -0.711. The Balaban J connectivity index is 2.07. The Morgan fingerprint density at radius 2 is 1.95 bits per heavy atom. The zero-order valence-corrected chi connectivity index (χ0v) is 15.2. The molecule has 116 valence electrons. The lowest BCUT2D eigenvalue weighted by molar-refractivity contribution is -0.122. The third-order valence-corrected chi connectivity index (χ3v) is 4.09. The molecule has 0 aliphatic rings. The van der Waals surface area contributed by atoms with E-state index in [0.717, 1.165) is 14.5 Å². The lowest BCUT2D eigenvalue weighted by Crippen LogP contribution is -2.30. The summed E-state index contributed by atoms with van der Waals surface area (Å²) in [6.45, 7) is 3.53. The van der Waals surface area contributed by atoms with Crippen molar-refractivity contribution < 1.29 is 14.6 Å². The van der Waals surface area contributed by atoms with Gasteiger partial charge < -0.3 is 15.2 Å². The van der Waals surface area contributed by atoms with Gasteiger partial charge in [-0.05, 0) is 65.7 Å². The van der Waals surface area contributed by atoms with E-state index in [1.165, 1.54) is 0 Å². The molecule has 0 saturated heterocycles. The Labute approximate surface area is 145 Å². The topological polar surface area (TPSA) is 58.6 Å². The summed E-state index contributed by atoms with van der Waals surface area (Å²) in [6, 6.07) is 10.5. The molecule has 2 rings (SSSR count). The Kier molecular flexibility index (Phi) is 5.47. The third kappa shape index (κ3) is 4.24. The number of nitrogens with one attached hydrogen (secondary N) is 1. The number of rotatable bonds is 4. The van der Waals surface area contributed by atoms with E-state index >= 15 is 0 Å². The highest BCUT2D eigenvalue weighted by molar-refractivity contribution is 9.11. The maximum atomic E-state index is 12.2. The predicted octanol–water partition coefficient (Wildman–Crippen LogP) is 4.63. The second-order valence-corrected chi connectivity index (χ2v) is 6.61. The summed E-state index contributed by atoms with van der Waals surface area (Å²) >= 11 is 6.74. The number of hydrogen-bond acceptors (Lipinski definition) is 3. The van der Waals surface area contributed by atoms with E-state index < -0.39 is 6.10 Å². The first-order valence-corrected chi connectivity index (χ1v) is 8.17. The molecule has 2 aromatic rings. The van der Waals surface area contributed by atoms with Gasteiger partial charge in [0.25, 0.3) is 5.91 Å². The zero-order valence-electron chi connectivity index (χ0n) is 12.1. The normalized spacial score (nSPS) is 11.8. The van der Waals surface area contributed by atoms with Crippen molar-refractivity contribution in [3.8, 4) is 11.5 Å². The van der Waals surface area contributed by atoms with E-state index in [1.54, 1.807) is 31.2 Å². The van der Waals surface area contributed by atoms with Crippen LogP contribution in [-0.2, 0) is 4.79 Å². The van der Waals surface area contributed by atoms with Gasteiger partial charge in [0.1, 0.15) is 11.5 Å². The van der Waals surface area contributed by atoms with E-state index in [9.17, 15) is 9.90 Å². The van der Waals surface area contributed by atoms with Crippen LogP contribution in [0, 0.1) is 6.92 Å². The number of carbonyl (C=O) groups is 1. The van der Waals surface area contributed by atoms with Gasteiger partial charge >= 0.3 is 0 Å². The molecule has 0 saturated carbocycles. The molecule has 0 aliphatic carbocycles. The minimum Gasteiger partial charge on any atom is -0.506 e. The molecule has 1 amide bonds. The van der Waals surface area contributed by atoms with Crippen LogP contribution in [-0.4, -0.2) is 17.1 Å². The first kappa shape index (κ1) is 16.8. The standard InChI is InChI=1S/C16H15Br2NO3/c1-9-3-5-14(20)13(7-9)19-16(21)10(2)22-15-6-4-11(17)8-12(15)18/h3-8,10,20H,1-2H3,(H,19,21). The summed E-state index contributed by atoms with van der Waals surface area (Å²) in [4.78, 5) is 12.2. The fraction of sp³-hybridized carbons (Fsp3) is 0.188. The minimum absolute atomic E-state index is 0.0240. The molecule has 0 fully saturated rings. The number of anilines is 1. The number of halogens is 2. The van der Waals surface area contributed by atoms with Gasteiger partial charge in [0.15, 0.2) is 6.10 Å². The average molecular weight is 429 g/mol. The summed E-state index contributed by atoms with van der Waals surface area (Å²) in [7, 11) is 0. The molecule has 2 N–H and O–H groups in total. The Morgan fingerprint density at radius 1 is 1.23 bits per heavy atom. The number of amides is 1. The van der Waals surface area contributed by atoms with Gasteiger partial charge in [-0.15, -0.1) is 0 Å². The number of aromatic hydroxyl groups is 1. The smallest absolute Gasteiger partial charge is 0.265 e. The molecular weight excluding hydrogens is 414 g/mol. The number of ether oxygens (including phenoxy) is 1. The molecule has 1 unspecified atom stereocenters. The van der Waals surface area contributed by atoms with Crippen LogP contribution in [0.25, 0.3) is 0 Å².